The maximum absolute atomic E-state index is 12.4. The quantitative estimate of drug-likeness (QED) is 0.512. The molecule has 4 aromatic heterocycles. The summed E-state index contributed by atoms with van der Waals surface area (Å²) in [6.45, 7) is 6.01. The summed E-state index contributed by atoms with van der Waals surface area (Å²) in [6, 6.07) is 10.7. The minimum Gasteiger partial charge on any atom is -0.310 e. The van der Waals surface area contributed by atoms with Crippen molar-refractivity contribution in [3.8, 4) is 22.8 Å². The fourth-order valence-corrected chi connectivity index (χ4v) is 3.20. The third-order valence-electron chi connectivity index (χ3n) is 4.65. The van der Waals surface area contributed by atoms with Crippen molar-refractivity contribution in [1.29, 1.82) is 0 Å². The van der Waals surface area contributed by atoms with Gasteiger partial charge >= 0.3 is 6.03 Å². The number of anilines is 2. The van der Waals surface area contributed by atoms with Gasteiger partial charge in [-0.2, -0.15) is 5.10 Å². The maximum Gasteiger partial charge on any atom is 0.326 e. The Balaban J connectivity index is 1.44. The second kappa shape index (κ2) is 8.34. The van der Waals surface area contributed by atoms with Crippen molar-refractivity contribution in [2.45, 2.75) is 26.8 Å². The van der Waals surface area contributed by atoms with E-state index in [9.17, 15) is 4.79 Å². The Bertz CT molecular complexity index is 1210. The predicted molar refractivity (Wildman–Crippen MR) is 117 cm³/mol. The lowest BCUT2D eigenvalue weighted by Crippen LogP contribution is -2.20. The average Bonchev–Trinajstić information content (AvgIpc) is 3.35. The zero-order valence-electron chi connectivity index (χ0n) is 17.7. The number of urea groups is 1. The van der Waals surface area contributed by atoms with Gasteiger partial charge in [0.2, 0.25) is 0 Å². The molecule has 10 heteroatoms. The second-order valence-electron chi connectivity index (χ2n) is 7.37. The van der Waals surface area contributed by atoms with Gasteiger partial charge in [0.05, 0.1) is 11.4 Å². The number of hydrogen-bond acceptors (Lipinski definition) is 6. The molecule has 0 aliphatic rings. The summed E-state index contributed by atoms with van der Waals surface area (Å²) in [4.78, 5) is 21.2. The Morgan fingerprint density at radius 3 is 2.58 bits per heavy atom. The zero-order valence-corrected chi connectivity index (χ0v) is 17.7. The first kappa shape index (κ1) is 20.2. The molecule has 2 amide bonds. The van der Waals surface area contributed by atoms with Crippen LogP contribution in [0, 0.1) is 6.92 Å². The van der Waals surface area contributed by atoms with Gasteiger partial charge in [-0.05, 0) is 51.1 Å². The van der Waals surface area contributed by atoms with E-state index in [1.54, 1.807) is 35.4 Å². The maximum atomic E-state index is 12.4. The van der Waals surface area contributed by atoms with E-state index in [0.717, 1.165) is 17.0 Å². The molecular formula is C21H23N9O. The van der Waals surface area contributed by atoms with Gasteiger partial charge in [0, 0.05) is 24.8 Å². The van der Waals surface area contributed by atoms with E-state index < -0.39 is 6.03 Å². The minimum absolute atomic E-state index is 0.191. The molecule has 0 saturated carbocycles. The highest BCUT2D eigenvalue weighted by Gasteiger charge is 2.13. The second-order valence-corrected chi connectivity index (χ2v) is 7.37. The minimum atomic E-state index is -0.438. The summed E-state index contributed by atoms with van der Waals surface area (Å²) in [5.41, 5.74) is 3.42. The summed E-state index contributed by atoms with van der Waals surface area (Å²) < 4.78 is 3.71. The number of nitrogens with one attached hydrogen (secondary N) is 2. The first-order chi connectivity index (χ1) is 14.9. The molecule has 0 aliphatic carbocycles. The monoisotopic (exact) mass is 417 g/mol. The van der Waals surface area contributed by atoms with Crippen molar-refractivity contribution >= 4 is 17.7 Å². The predicted octanol–water partition coefficient (Wildman–Crippen LogP) is 3.67. The Morgan fingerprint density at radius 2 is 1.90 bits per heavy atom. The van der Waals surface area contributed by atoms with Crippen LogP contribution in [0.1, 0.15) is 25.6 Å². The van der Waals surface area contributed by atoms with Crippen LogP contribution in [0.25, 0.3) is 22.8 Å². The molecule has 0 aliphatic heterocycles. The van der Waals surface area contributed by atoms with Crippen LogP contribution in [-0.4, -0.2) is 40.5 Å². The van der Waals surface area contributed by atoms with E-state index in [0.29, 0.717) is 23.2 Å². The zero-order chi connectivity index (χ0) is 22.0. The van der Waals surface area contributed by atoms with Gasteiger partial charge in [0.25, 0.3) is 0 Å². The number of pyridine rings is 2. The standard InChI is InChI=1S/C21H23N9O/c1-13(2)30-12-23-27-20(30)16-6-5-7-19(24-16)26-21(31)25-18-9-8-15(11-22-18)17-10-14(3)28-29(17)4/h5-13H,1-4H3,(H2,22,24,25,26,31). The number of carbonyl (C=O) groups excluding carboxylic acids is 1. The molecule has 158 valence electrons. The molecule has 0 bridgehead atoms. The molecule has 2 N–H and O–H groups in total. The SMILES string of the molecule is Cc1cc(-c2ccc(NC(=O)Nc3cccc(-c4nncn4C(C)C)n3)nc2)n(C)n1. The number of carbonyl (C=O) groups is 1. The van der Waals surface area contributed by atoms with Crippen molar-refractivity contribution in [2.75, 3.05) is 10.6 Å². The van der Waals surface area contributed by atoms with Gasteiger partial charge < -0.3 is 4.57 Å². The molecule has 0 aromatic carbocycles. The van der Waals surface area contributed by atoms with E-state index in [1.807, 2.05) is 50.6 Å². The van der Waals surface area contributed by atoms with Crippen LogP contribution < -0.4 is 10.6 Å². The molecule has 0 spiro atoms. The molecule has 4 heterocycles. The van der Waals surface area contributed by atoms with Gasteiger partial charge in [0.15, 0.2) is 5.82 Å². The first-order valence-corrected chi connectivity index (χ1v) is 9.82. The average molecular weight is 417 g/mol. The summed E-state index contributed by atoms with van der Waals surface area (Å²) >= 11 is 0. The number of amides is 2. The number of aromatic nitrogens is 7. The lowest BCUT2D eigenvalue weighted by Gasteiger charge is -2.11. The number of rotatable bonds is 5. The fraction of sp³-hybridized carbons (Fsp3) is 0.238. The molecule has 0 fully saturated rings. The Morgan fingerprint density at radius 1 is 1.10 bits per heavy atom. The van der Waals surface area contributed by atoms with Crippen LogP contribution in [0.5, 0.6) is 0 Å². The largest absolute Gasteiger partial charge is 0.326 e. The smallest absolute Gasteiger partial charge is 0.310 e. The van der Waals surface area contributed by atoms with Gasteiger partial charge in [-0.15, -0.1) is 10.2 Å². The molecule has 4 rings (SSSR count). The summed E-state index contributed by atoms with van der Waals surface area (Å²) in [7, 11) is 1.88. The summed E-state index contributed by atoms with van der Waals surface area (Å²) in [5, 5.41) is 17.9. The van der Waals surface area contributed by atoms with Crippen molar-refractivity contribution in [2.24, 2.45) is 7.05 Å². The van der Waals surface area contributed by atoms with E-state index in [4.69, 9.17) is 0 Å². The summed E-state index contributed by atoms with van der Waals surface area (Å²) in [6.07, 6.45) is 3.36. The van der Waals surface area contributed by atoms with Crippen LogP contribution >= 0.6 is 0 Å². The summed E-state index contributed by atoms with van der Waals surface area (Å²) in [5.74, 6) is 1.47. The lowest BCUT2D eigenvalue weighted by molar-refractivity contribution is 0.262. The van der Waals surface area contributed by atoms with E-state index in [-0.39, 0.29) is 6.04 Å². The third-order valence-corrected chi connectivity index (χ3v) is 4.65. The van der Waals surface area contributed by atoms with Gasteiger partial charge in [0.1, 0.15) is 23.7 Å². The molecular weight excluding hydrogens is 394 g/mol. The number of hydrogen-bond donors (Lipinski definition) is 2. The highest BCUT2D eigenvalue weighted by Crippen LogP contribution is 2.21. The lowest BCUT2D eigenvalue weighted by atomic mass is 10.2. The molecule has 0 unspecified atom stereocenters. The molecule has 0 atom stereocenters. The van der Waals surface area contributed by atoms with Gasteiger partial charge in [-0.1, -0.05) is 6.07 Å². The normalized spacial score (nSPS) is 11.0. The molecule has 10 nitrogen and oxygen atoms in total. The van der Waals surface area contributed by atoms with Gasteiger partial charge in [-0.25, -0.2) is 14.8 Å². The van der Waals surface area contributed by atoms with Crippen LogP contribution in [0.4, 0.5) is 16.4 Å². The van der Waals surface area contributed by atoms with Crippen LogP contribution in [0.3, 0.4) is 0 Å². The Labute approximate surface area is 179 Å². The van der Waals surface area contributed by atoms with Crippen LogP contribution in [0.15, 0.2) is 48.9 Å². The third kappa shape index (κ3) is 4.42. The van der Waals surface area contributed by atoms with Crippen molar-refractivity contribution in [3.05, 3.63) is 54.6 Å². The number of aryl methyl sites for hydroxylation is 2. The van der Waals surface area contributed by atoms with Gasteiger partial charge in [-0.3, -0.25) is 15.3 Å². The molecule has 31 heavy (non-hydrogen) atoms. The van der Waals surface area contributed by atoms with E-state index in [2.05, 4.69) is 35.9 Å². The first-order valence-electron chi connectivity index (χ1n) is 9.82. The fourth-order valence-electron chi connectivity index (χ4n) is 3.20. The van der Waals surface area contributed by atoms with Crippen LogP contribution in [-0.2, 0) is 7.05 Å². The Hall–Kier alpha value is -4.08. The van der Waals surface area contributed by atoms with E-state index >= 15 is 0 Å². The van der Waals surface area contributed by atoms with Crippen molar-refractivity contribution < 1.29 is 4.79 Å². The Kier molecular flexibility index (Phi) is 5.44. The van der Waals surface area contributed by atoms with E-state index in [1.165, 1.54) is 0 Å². The highest BCUT2D eigenvalue weighted by atomic mass is 16.2. The van der Waals surface area contributed by atoms with Crippen molar-refractivity contribution in [1.82, 2.24) is 34.5 Å². The molecule has 0 radical (unpaired) electrons. The molecule has 0 saturated heterocycles. The number of nitrogens with zero attached hydrogens (tertiary/aromatic N) is 7. The topological polar surface area (TPSA) is 115 Å². The van der Waals surface area contributed by atoms with Crippen molar-refractivity contribution in [3.63, 3.8) is 0 Å². The molecule has 4 aromatic rings. The van der Waals surface area contributed by atoms with Crippen LogP contribution in [0.2, 0.25) is 0 Å². The highest BCUT2D eigenvalue weighted by molar-refractivity contribution is 5.98.